The van der Waals surface area contributed by atoms with Crippen molar-refractivity contribution in [1.82, 2.24) is 5.32 Å². The van der Waals surface area contributed by atoms with Crippen LogP contribution in [0.5, 0.6) is 5.75 Å². The number of anilines is 1. The van der Waals surface area contributed by atoms with Gasteiger partial charge in [0, 0.05) is 12.6 Å². The summed E-state index contributed by atoms with van der Waals surface area (Å²) in [6.07, 6.45) is -0.329. The first kappa shape index (κ1) is 21.8. The molecule has 6 nitrogen and oxygen atoms in total. The summed E-state index contributed by atoms with van der Waals surface area (Å²) in [5.41, 5.74) is 0.689. The van der Waals surface area contributed by atoms with Crippen LogP contribution in [-0.4, -0.2) is 51.5 Å². The molecule has 2 aromatic carbocycles. The zero-order chi connectivity index (χ0) is 21.0. The third kappa shape index (κ3) is 4.48. The van der Waals surface area contributed by atoms with Gasteiger partial charge in [0.05, 0.1) is 39.9 Å². The van der Waals surface area contributed by atoms with Crippen molar-refractivity contribution in [1.29, 1.82) is 0 Å². The van der Waals surface area contributed by atoms with Crippen molar-refractivity contribution >= 4 is 27.4 Å². The highest BCUT2D eigenvalue weighted by atomic mass is 35.5. The Morgan fingerprint density at radius 2 is 1.93 bits per heavy atom. The van der Waals surface area contributed by atoms with E-state index in [-0.39, 0.29) is 15.8 Å². The van der Waals surface area contributed by atoms with E-state index in [4.69, 9.17) is 9.40 Å². The van der Waals surface area contributed by atoms with Gasteiger partial charge in [0.15, 0.2) is 0 Å². The molecule has 0 amide bonds. The zero-order valence-electron chi connectivity index (χ0n) is 15.4. The minimum Gasteiger partial charge on any atom is -0.490 e. The van der Waals surface area contributed by atoms with Gasteiger partial charge < -0.3 is 15.0 Å². The second-order valence-electron chi connectivity index (χ2n) is 6.71. The molecule has 0 saturated carbocycles. The van der Waals surface area contributed by atoms with Crippen molar-refractivity contribution < 1.29 is 26.6 Å². The van der Waals surface area contributed by atoms with Crippen molar-refractivity contribution in [3.8, 4) is 5.75 Å². The number of nitrogens with one attached hydrogen (secondary N) is 1. The number of halogens is 3. The molecule has 1 saturated heterocycles. The maximum absolute atomic E-state index is 14.4. The lowest BCUT2D eigenvalue weighted by atomic mass is 10.0. The third-order valence-corrected chi connectivity index (χ3v) is 6.77. The first-order chi connectivity index (χ1) is 14.0. The molecule has 2 aromatic rings. The van der Waals surface area contributed by atoms with Gasteiger partial charge in [-0.15, -0.1) is 0 Å². The van der Waals surface area contributed by atoms with E-state index in [1.54, 1.807) is 6.07 Å². The predicted octanol–water partition coefficient (Wildman–Crippen LogP) is 2.69. The second-order valence-corrected chi connectivity index (χ2v) is 8.66. The molecule has 10 heteroatoms. The van der Waals surface area contributed by atoms with E-state index in [1.165, 1.54) is 30.3 Å². The SMILES string of the molecule is O=S(=O)(c1cccc(F)c1)c1ccc2c(c1)OCCN2C1CCNCC1F.OCl. The minimum atomic E-state index is -3.87. The standard InChI is InChI=1S/C19H20F2N2O3S.ClHO/c20-13-2-1-3-14(10-13)27(24,25)15-4-5-18-19(11-15)26-9-8-23(18)17-6-7-22-12-16(17)21;1-2/h1-5,10-11,16-17,22H,6-9,12H2;2H. The summed E-state index contributed by atoms with van der Waals surface area (Å²) >= 11 is 3.64. The van der Waals surface area contributed by atoms with Gasteiger partial charge in [-0.1, -0.05) is 6.07 Å². The molecule has 0 aliphatic carbocycles. The minimum absolute atomic E-state index is 0.0239. The van der Waals surface area contributed by atoms with E-state index in [0.29, 0.717) is 37.6 Å². The van der Waals surface area contributed by atoms with Gasteiger partial charge in [0.1, 0.15) is 24.3 Å². The predicted molar refractivity (Wildman–Crippen MR) is 105 cm³/mol. The van der Waals surface area contributed by atoms with E-state index >= 15 is 0 Å². The number of fused-ring (bicyclic) bond motifs is 1. The fourth-order valence-corrected chi connectivity index (χ4v) is 4.97. The molecule has 4 rings (SSSR count). The molecule has 2 heterocycles. The number of ether oxygens (including phenoxy) is 1. The summed E-state index contributed by atoms with van der Waals surface area (Å²) in [4.78, 5) is 1.87. The Labute approximate surface area is 173 Å². The monoisotopic (exact) mass is 446 g/mol. The van der Waals surface area contributed by atoms with Crippen LogP contribution in [0.3, 0.4) is 0 Å². The molecule has 0 spiro atoms. The Balaban J connectivity index is 0.00000117. The molecule has 2 aliphatic heterocycles. The number of rotatable bonds is 3. The van der Waals surface area contributed by atoms with Crippen LogP contribution in [0.25, 0.3) is 0 Å². The van der Waals surface area contributed by atoms with Crippen LogP contribution in [-0.2, 0) is 9.84 Å². The second kappa shape index (κ2) is 9.25. The molecule has 2 N–H and O–H groups in total. The molecule has 1 fully saturated rings. The molecule has 158 valence electrons. The highest BCUT2D eigenvalue weighted by Gasteiger charge is 2.34. The average molecular weight is 447 g/mol. The largest absolute Gasteiger partial charge is 0.490 e. The topological polar surface area (TPSA) is 78.9 Å². The number of sulfone groups is 1. The van der Waals surface area contributed by atoms with Gasteiger partial charge in [-0.05, 0) is 43.3 Å². The van der Waals surface area contributed by atoms with Crippen LogP contribution in [0.1, 0.15) is 6.42 Å². The summed E-state index contributed by atoms with van der Waals surface area (Å²) in [6.45, 7) is 1.95. The highest BCUT2D eigenvalue weighted by molar-refractivity contribution is 7.91. The highest BCUT2D eigenvalue weighted by Crippen LogP contribution is 2.37. The molecule has 0 aromatic heterocycles. The van der Waals surface area contributed by atoms with Gasteiger partial charge in [-0.3, -0.25) is 4.66 Å². The fourth-order valence-electron chi connectivity index (χ4n) is 3.66. The quantitative estimate of drug-likeness (QED) is 0.754. The summed E-state index contributed by atoms with van der Waals surface area (Å²) in [6, 6.07) is 9.19. The van der Waals surface area contributed by atoms with Crippen molar-refractivity contribution in [3.63, 3.8) is 0 Å². The number of hydrogen-bond acceptors (Lipinski definition) is 6. The molecule has 2 unspecified atom stereocenters. The zero-order valence-corrected chi connectivity index (χ0v) is 17.0. The lowest BCUT2D eigenvalue weighted by Crippen LogP contribution is -2.53. The Bertz CT molecular complexity index is 961. The Hall–Kier alpha value is -1.94. The van der Waals surface area contributed by atoms with Gasteiger partial charge >= 0.3 is 0 Å². The number of alkyl halides is 1. The Morgan fingerprint density at radius 1 is 1.17 bits per heavy atom. The first-order valence-electron chi connectivity index (χ1n) is 9.02. The van der Waals surface area contributed by atoms with E-state index in [9.17, 15) is 17.2 Å². The molecular weight excluding hydrogens is 426 g/mol. The molecule has 0 radical (unpaired) electrons. The van der Waals surface area contributed by atoms with Gasteiger partial charge in [0.25, 0.3) is 0 Å². The summed E-state index contributed by atoms with van der Waals surface area (Å²) < 4.78 is 65.6. The van der Waals surface area contributed by atoms with E-state index < -0.39 is 21.8 Å². The number of piperidine rings is 1. The van der Waals surface area contributed by atoms with Gasteiger partial charge in [-0.25, -0.2) is 17.2 Å². The first-order valence-corrected chi connectivity index (χ1v) is 10.8. The van der Waals surface area contributed by atoms with Crippen molar-refractivity contribution in [2.45, 2.75) is 28.4 Å². The maximum Gasteiger partial charge on any atom is 0.206 e. The van der Waals surface area contributed by atoms with Gasteiger partial charge in [-0.2, -0.15) is 0 Å². The molecule has 2 atom stereocenters. The van der Waals surface area contributed by atoms with E-state index in [0.717, 1.165) is 12.6 Å². The molecule has 29 heavy (non-hydrogen) atoms. The van der Waals surface area contributed by atoms with Crippen molar-refractivity contribution in [3.05, 3.63) is 48.3 Å². The summed E-state index contributed by atoms with van der Waals surface area (Å²) in [5, 5.41) is 3.04. The van der Waals surface area contributed by atoms with Crippen LogP contribution >= 0.6 is 11.9 Å². The number of hydrogen-bond donors (Lipinski definition) is 2. The Morgan fingerprint density at radius 3 is 2.66 bits per heavy atom. The maximum atomic E-state index is 14.4. The average Bonchev–Trinajstić information content (AvgIpc) is 2.75. The number of nitrogens with zero attached hydrogens (tertiary/aromatic N) is 1. The van der Waals surface area contributed by atoms with E-state index in [1.807, 2.05) is 4.90 Å². The van der Waals surface area contributed by atoms with Crippen LogP contribution in [0, 0.1) is 5.82 Å². The van der Waals surface area contributed by atoms with E-state index in [2.05, 4.69) is 17.2 Å². The third-order valence-electron chi connectivity index (χ3n) is 5.02. The summed E-state index contributed by atoms with van der Waals surface area (Å²) in [7, 11) is -3.87. The van der Waals surface area contributed by atoms with Crippen LogP contribution in [0.15, 0.2) is 52.3 Å². The van der Waals surface area contributed by atoms with Crippen LogP contribution in [0.2, 0.25) is 0 Å². The van der Waals surface area contributed by atoms with Crippen LogP contribution < -0.4 is 15.0 Å². The van der Waals surface area contributed by atoms with Crippen molar-refractivity contribution in [2.75, 3.05) is 31.1 Å². The van der Waals surface area contributed by atoms with Crippen LogP contribution in [0.4, 0.5) is 14.5 Å². The Kier molecular flexibility index (Phi) is 6.94. The normalized spacial score (nSPS) is 21.4. The number of benzene rings is 2. The molecule has 0 bridgehead atoms. The fraction of sp³-hybridized carbons (Fsp3) is 0.368. The molecule has 2 aliphatic rings. The van der Waals surface area contributed by atoms with Crippen molar-refractivity contribution in [2.24, 2.45) is 0 Å². The van der Waals surface area contributed by atoms with Gasteiger partial charge in [0.2, 0.25) is 9.84 Å². The lowest BCUT2D eigenvalue weighted by Gasteiger charge is -2.41. The summed E-state index contributed by atoms with van der Waals surface area (Å²) in [5.74, 6) is -0.208. The lowest BCUT2D eigenvalue weighted by molar-refractivity contribution is 0.208. The molecular formula is C19H21ClF2N2O4S. The smallest absolute Gasteiger partial charge is 0.206 e.